The van der Waals surface area contributed by atoms with Crippen LogP contribution in [0.2, 0.25) is 0 Å². The van der Waals surface area contributed by atoms with Crippen LogP contribution in [0.1, 0.15) is 19.4 Å². The van der Waals surface area contributed by atoms with E-state index in [9.17, 15) is 8.78 Å². The van der Waals surface area contributed by atoms with Crippen LogP contribution in [0.25, 0.3) is 0 Å². The number of halogens is 2. The predicted molar refractivity (Wildman–Crippen MR) is 60.6 cm³/mol. The Morgan fingerprint density at radius 1 is 1.31 bits per heavy atom. The molecule has 0 N–H and O–H groups in total. The van der Waals surface area contributed by atoms with Crippen molar-refractivity contribution in [2.24, 2.45) is 5.92 Å². The van der Waals surface area contributed by atoms with Crippen LogP contribution in [0, 0.1) is 17.6 Å². The van der Waals surface area contributed by atoms with Gasteiger partial charge in [-0.25, -0.2) is 8.78 Å². The highest BCUT2D eigenvalue weighted by molar-refractivity contribution is 5.32. The SMILES string of the molecule is C=CCc1cc(F)c(OCC(C)C)c(F)c1. The van der Waals surface area contributed by atoms with Gasteiger partial charge < -0.3 is 4.74 Å². The van der Waals surface area contributed by atoms with Crippen molar-refractivity contribution in [3.8, 4) is 5.75 Å². The molecule has 0 aliphatic rings. The Bertz CT molecular complexity index is 349. The van der Waals surface area contributed by atoms with E-state index in [4.69, 9.17) is 4.74 Å². The number of hydrogen-bond acceptors (Lipinski definition) is 1. The van der Waals surface area contributed by atoms with Crippen molar-refractivity contribution in [2.75, 3.05) is 6.61 Å². The molecular weight excluding hydrogens is 210 g/mol. The van der Waals surface area contributed by atoms with Crippen LogP contribution in [-0.2, 0) is 6.42 Å². The largest absolute Gasteiger partial charge is 0.487 e. The van der Waals surface area contributed by atoms with Crippen LogP contribution in [-0.4, -0.2) is 6.61 Å². The van der Waals surface area contributed by atoms with Gasteiger partial charge in [-0.05, 0) is 30.0 Å². The average molecular weight is 226 g/mol. The van der Waals surface area contributed by atoms with E-state index in [1.54, 1.807) is 6.08 Å². The number of rotatable bonds is 5. The van der Waals surface area contributed by atoms with E-state index in [0.717, 1.165) is 0 Å². The molecule has 0 aromatic heterocycles. The fraction of sp³-hybridized carbons (Fsp3) is 0.385. The van der Waals surface area contributed by atoms with E-state index in [0.29, 0.717) is 18.6 Å². The van der Waals surface area contributed by atoms with Crippen LogP contribution in [0.4, 0.5) is 8.78 Å². The maximum absolute atomic E-state index is 13.5. The molecule has 16 heavy (non-hydrogen) atoms. The highest BCUT2D eigenvalue weighted by atomic mass is 19.1. The number of hydrogen-bond donors (Lipinski definition) is 0. The zero-order valence-electron chi connectivity index (χ0n) is 9.59. The molecule has 0 aliphatic carbocycles. The zero-order valence-corrected chi connectivity index (χ0v) is 9.59. The molecule has 1 rings (SSSR count). The van der Waals surface area contributed by atoms with Crippen LogP contribution in [0.3, 0.4) is 0 Å². The molecule has 1 aromatic carbocycles. The molecule has 0 bridgehead atoms. The monoisotopic (exact) mass is 226 g/mol. The van der Waals surface area contributed by atoms with Gasteiger partial charge in [-0.3, -0.25) is 0 Å². The van der Waals surface area contributed by atoms with Crippen molar-refractivity contribution in [1.29, 1.82) is 0 Å². The summed E-state index contributed by atoms with van der Waals surface area (Å²) >= 11 is 0. The first-order chi connectivity index (χ1) is 7.54. The van der Waals surface area contributed by atoms with Crippen molar-refractivity contribution in [1.82, 2.24) is 0 Å². The van der Waals surface area contributed by atoms with Crippen LogP contribution in [0.15, 0.2) is 24.8 Å². The van der Waals surface area contributed by atoms with Gasteiger partial charge in [0.05, 0.1) is 6.61 Å². The van der Waals surface area contributed by atoms with Crippen LogP contribution >= 0.6 is 0 Å². The molecule has 1 aromatic rings. The number of allylic oxidation sites excluding steroid dienone is 1. The zero-order chi connectivity index (χ0) is 12.1. The van der Waals surface area contributed by atoms with E-state index < -0.39 is 11.6 Å². The molecule has 0 amide bonds. The molecule has 0 unspecified atom stereocenters. The molecule has 0 atom stereocenters. The molecule has 0 aliphatic heterocycles. The van der Waals surface area contributed by atoms with Crippen LogP contribution in [0.5, 0.6) is 5.75 Å². The maximum Gasteiger partial charge on any atom is 0.190 e. The number of benzene rings is 1. The summed E-state index contributed by atoms with van der Waals surface area (Å²) < 4.78 is 32.1. The quantitative estimate of drug-likeness (QED) is 0.695. The fourth-order valence-electron chi connectivity index (χ4n) is 1.28. The van der Waals surface area contributed by atoms with Gasteiger partial charge in [0, 0.05) is 0 Å². The third kappa shape index (κ3) is 3.33. The van der Waals surface area contributed by atoms with E-state index in [-0.39, 0.29) is 11.7 Å². The van der Waals surface area contributed by atoms with Crippen molar-refractivity contribution >= 4 is 0 Å². The average Bonchev–Trinajstić information content (AvgIpc) is 2.16. The molecular formula is C13H16F2O. The fourth-order valence-corrected chi connectivity index (χ4v) is 1.28. The Kier molecular flexibility index (Phi) is 4.47. The van der Waals surface area contributed by atoms with Crippen molar-refractivity contribution in [3.63, 3.8) is 0 Å². The predicted octanol–water partition coefficient (Wildman–Crippen LogP) is 3.73. The normalized spacial score (nSPS) is 10.6. The summed E-state index contributed by atoms with van der Waals surface area (Å²) in [5, 5.41) is 0. The minimum Gasteiger partial charge on any atom is -0.487 e. The van der Waals surface area contributed by atoms with Crippen molar-refractivity contribution in [3.05, 3.63) is 42.0 Å². The van der Waals surface area contributed by atoms with Gasteiger partial charge in [-0.1, -0.05) is 19.9 Å². The lowest BCUT2D eigenvalue weighted by Gasteiger charge is -2.11. The summed E-state index contributed by atoms with van der Waals surface area (Å²) in [5.74, 6) is -1.37. The second-order valence-corrected chi connectivity index (χ2v) is 4.09. The Labute approximate surface area is 94.7 Å². The Hall–Kier alpha value is -1.38. The highest BCUT2D eigenvalue weighted by Gasteiger charge is 2.12. The van der Waals surface area contributed by atoms with Gasteiger partial charge in [-0.2, -0.15) is 0 Å². The summed E-state index contributed by atoms with van der Waals surface area (Å²) in [6, 6.07) is 2.56. The lowest BCUT2D eigenvalue weighted by atomic mass is 10.1. The first kappa shape index (κ1) is 12.7. The standard InChI is InChI=1S/C13H16F2O/c1-4-5-10-6-11(14)13(12(15)7-10)16-8-9(2)3/h4,6-7,9H,1,5,8H2,2-3H3. The molecule has 0 saturated heterocycles. The topological polar surface area (TPSA) is 9.23 Å². The Morgan fingerprint density at radius 3 is 2.31 bits per heavy atom. The lowest BCUT2D eigenvalue weighted by molar-refractivity contribution is 0.247. The van der Waals surface area contributed by atoms with Crippen LogP contribution < -0.4 is 4.74 Å². The van der Waals surface area contributed by atoms with Gasteiger partial charge in [0.2, 0.25) is 0 Å². The molecule has 0 spiro atoms. The minimum atomic E-state index is -0.655. The van der Waals surface area contributed by atoms with E-state index in [1.807, 2.05) is 13.8 Å². The maximum atomic E-state index is 13.5. The molecule has 0 heterocycles. The summed E-state index contributed by atoms with van der Waals surface area (Å²) in [7, 11) is 0. The Morgan fingerprint density at radius 2 is 1.88 bits per heavy atom. The Balaban J connectivity index is 2.89. The third-order valence-corrected chi connectivity index (χ3v) is 2.00. The van der Waals surface area contributed by atoms with Crippen molar-refractivity contribution < 1.29 is 13.5 Å². The second kappa shape index (κ2) is 5.64. The third-order valence-electron chi connectivity index (χ3n) is 2.00. The van der Waals surface area contributed by atoms with Crippen molar-refractivity contribution in [2.45, 2.75) is 20.3 Å². The molecule has 0 radical (unpaired) electrons. The summed E-state index contributed by atoms with van der Waals surface area (Å²) in [6.07, 6.45) is 2.04. The van der Waals surface area contributed by atoms with Gasteiger partial charge in [-0.15, -0.1) is 6.58 Å². The van der Waals surface area contributed by atoms with E-state index in [1.165, 1.54) is 12.1 Å². The minimum absolute atomic E-state index is 0.228. The molecule has 88 valence electrons. The molecule has 3 heteroatoms. The van der Waals surface area contributed by atoms with Gasteiger partial charge in [0.1, 0.15) is 0 Å². The lowest BCUT2D eigenvalue weighted by Crippen LogP contribution is -2.07. The van der Waals surface area contributed by atoms with E-state index >= 15 is 0 Å². The first-order valence-electron chi connectivity index (χ1n) is 5.26. The summed E-state index contributed by atoms with van der Waals surface area (Å²) in [6.45, 7) is 7.66. The summed E-state index contributed by atoms with van der Waals surface area (Å²) in [5.41, 5.74) is 0.557. The smallest absolute Gasteiger partial charge is 0.190 e. The second-order valence-electron chi connectivity index (χ2n) is 4.09. The first-order valence-corrected chi connectivity index (χ1v) is 5.26. The van der Waals surface area contributed by atoms with Gasteiger partial charge >= 0.3 is 0 Å². The summed E-state index contributed by atoms with van der Waals surface area (Å²) in [4.78, 5) is 0. The molecule has 0 fully saturated rings. The molecule has 1 nitrogen and oxygen atoms in total. The number of ether oxygens (including phenoxy) is 1. The highest BCUT2D eigenvalue weighted by Crippen LogP contribution is 2.24. The van der Waals surface area contributed by atoms with Gasteiger partial charge in [0.15, 0.2) is 17.4 Å². The van der Waals surface area contributed by atoms with E-state index in [2.05, 4.69) is 6.58 Å². The molecule has 0 saturated carbocycles. The van der Waals surface area contributed by atoms with Gasteiger partial charge in [0.25, 0.3) is 0 Å².